The van der Waals surface area contributed by atoms with Crippen molar-refractivity contribution in [2.45, 2.75) is 13.8 Å². The van der Waals surface area contributed by atoms with Gasteiger partial charge in [0.1, 0.15) is 0 Å². The Bertz CT molecular complexity index is 300. The van der Waals surface area contributed by atoms with Crippen LogP contribution in [0.5, 0.6) is 0 Å². The van der Waals surface area contributed by atoms with E-state index in [1.54, 1.807) is 6.07 Å². The van der Waals surface area contributed by atoms with Crippen molar-refractivity contribution in [2.24, 2.45) is 0 Å². The van der Waals surface area contributed by atoms with Crippen LogP contribution in [0.4, 0.5) is 5.69 Å². The molecule has 1 aromatic rings. The van der Waals surface area contributed by atoms with Crippen LogP contribution >= 0.6 is 0 Å². The minimum Gasteiger partial charge on any atom is -0.399 e. The number of nitrogens with one attached hydrogen (secondary N) is 1. The minimum atomic E-state index is -0.0714. The molecule has 1 rings (SSSR count). The first-order valence-corrected chi connectivity index (χ1v) is 4.29. The van der Waals surface area contributed by atoms with E-state index in [4.69, 9.17) is 5.73 Å². The smallest absolute Gasteiger partial charge is 0.251 e. The van der Waals surface area contributed by atoms with Gasteiger partial charge in [0.05, 0.1) is 0 Å². The molecular formula is C10H14N2O. The Morgan fingerprint density at radius 3 is 2.69 bits per heavy atom. The number of aryl methyl sites for hydroxylation is 1. The van der Waals surface area contributed by atoms with Crippen LogP contribution in [0, 0.1) is 6.92 Å². The number of benzene rings is 1. The molecule has 0 fully saturated rings. The number of nitrogens with two attached hydrogens (primary N) is 1. The standard InChI is InChI=1S/C10H14N2O/c1-3-12-10(13)8-4-7(2)5-9(11)6-8/h4-6H,3,11H2,1-2H3,(H,12,13). The molecule has 0 unspecified atom stereocenters. The second-order valence-electron chi connectivity index (χ2n) is 2.99. The fourth-order valence-corrected chi connectivity index (χ4v) is 1.21. The van der Waals surface area contributed by atoms with Crippen LogP contribution in [-0.4, -0.2) is 12.5 Å². The third-order valence-corrected chi connectivity index (χ3v) is 1.70. The van der Waals surface area contributed by atoms with Gasteiger partial charge >= 0.3 is 0 Å². The summed E-state index contributed by atoms with van der Waals surface area (Å²) in [5.41, 5.74) is 7.87. The number of nitrogen functional groups attached to an aromatic ring is 1. The van der Waals surface area contributed by atoms with Gasteiger partial charge in [-0.15, -0.1) is 0 Å². The maximum absolute atomic E-state index is 11.4. The summed E-state index contributed by atoms with van der Waals surface area (Å²) in [6.45, 7) is 4.43. The molecule has 0 saturated heterocycles. The fraction of sp³-hybridized carbons (Fsp3) is 0.300. The van der Waals surface area contributed by atoms with Gasteiger partial charge in [-0.25, -0.2) is 0 Å². The third kappa shape index (κ3) is 2.47. The normalized spacial score (nSPS) is 9.69. The van der Waals surface area contributed by atoms with Crippen molar-refractivity contribution in [3.05, 3.63) is 29.3 Å². The van der Waals surface area contributed by atoms with Crippen molar-refractivity contribution in [2.75, 3.05) is 12.3 Å². The Kier molecular flexibility index (Phi) is 2.90. The topological polar surface area (TPSA) is 55.1 Å². The van der Waals surface area contributed by atoms with Crippen molar-refractivity contribution in [3.8, 4) is 0 Å². The van der Waals surface area contributed by atoms with E-state index in [1.807, 2.05) is 26.0 Å². The van der Waals surface area contributed by atoms with E-state index in [0.29, 0.717) is 17.8 Å². The summed E-state index contributed by atoms with van der Waals surface area (Å²) in [6.07, 6.45) is 0. The Labute approximate surface area is 77.9 Å². The van der Waals surface area contributed by atoms with Crippen molar-refractivity contribution in [1.82, 2.24) is 5.32 Å². The first kappa shape index (κ1) is 9.58. The maximum atomic E-state index is 11.4. The second-order valence-corrected chi connectivity index (χ2v) is 2.99. The average Bonchev–Trinajstić information content (AvgIpc) is 2.03. The van der Waals surface area contributed by atoms with Crippen LogP contribution in [0.15, 0.2) is 18.2 Å². The third-order valence-electron chi connectivity index (χ3n) is 1.70. The lowest BCUT2D eigenvalue weighted by molar-refractivity contribution is 0.0956. The molecule has 70 valence electrons. The summed E-state index contributed by atoms with van der Waals surface area (Å²) in [5, 5.41) is 2.72. The number of amides is 1. The molecule has 0 aromatic heterocycles. The number of rotatable bonds is 2. The van der Waals surface area contributed by atoms with Crippen molar-refractivity contribution < 1.29 is 4.79 Å². The quantitative estimate of drug-likeness (QED) is 0.671. The van der Waals surface area contributed by atoms with Gasteiger partial charge in [-0.05, 0) is 37.6 Å². The van der Waals surface area contributed by atoms with Crippen LogP contribution < -0.4 is 11.1 Å². The predicted octanol–water partition coefficient (Wildman–Crippen LogP) is 1.33. The molecule has 1 amide bonds. The molecule has 3 N–H and O–H groups in total. The van der Waals surface area contributed by atoms with Crippen LogP contribution in [-0.2, 0) is 0 Å². The molecule has 3 heteroatoms. The fourth-order valence-electron chi connectivity index (χ4n) is 1.21. The molecule has 3 nitrogen and oxygen atoms in total. The van der Waals surface area contributed by atoms with Gasteiger partial charge in [-0.3, -0.25) is 4.79 Å². The lowest BCUT2D eigenvalue weighted by Crippen LogP contribution is -2.22. The lowest BCUT2D eigenvalue weighted by atomic mass is 10.1. The molecule has 0 aliphatic heterocycles. The molecule has 0 saturated carbocycles. The highest BCUT2D eigenvalue weighted by molar-refractivity contribution is 5.95. The monoisotopic (exact) mass is 178 g/mol. The van der Waals surface area contributed by atoms with Crippen molar-refractivity contribution in [1.29, 1.82) is 0 Å². The van der Waals surface area contributed by atoms with Crippen LogP contribution in [0.2, 0.25) is 0 Å². The largest absolute Gasteiger partial charge is 0.399 e. The Balaban J connectivity index is 2.94. The van der Waals surface area contributed by atoms with Crippen molar-refractivity contribution >= 4 is 11.6 Å². The molecule has 1 aromatic carbocycles. The molecule has 0 atom stereocenters. The van der Waals surface area contributed by atoms with Crippen LogP contribution in [0.25, 0.3) is 0 Å². The highest BCUT2D eigenvalue weighted by atomic mass is 16.1. The summed E-state index contributed by atoms with van der Waals surface area (Å²) in [5.74, 6) is -0.0714. The summed E-state index contributed by atoms with van der Waals surface area (Å²) >= 11 is 0. The van der Waals surface area contributed by atoms with Gasteiger partial charge in [0.25, 0.3) is 5.91 Å². The highest BCUT2D eigenvalue weighted by Gasteiger charge is 2.04. The van der Waals surface area contributed by atoms with Gasteiger partial charge in [-0.1, -0.05) is 0 Å². The molecule has 0 heterocycles. The summed E-state index contributed by atoms with van der Waals surface area (Å²) in [7, 11) is 0. The van der Waals surface area contributed by atoms with Gasteiger partial charge in [-0.2, -0.15) is 0 Å². The zero-order chi connectivity index (χ0) is 9.84. The van der Waals surface area contributed by atoms with E-state index in [0.717, 1.165) is 5.56 Å². The Hall–Kier alpha value is -1.51. The minimum absolute atomic E-state index is 0.0714. The molecule has 0 spiro atoms. The van der Waals surface area contributed by atoms with Crippen molar-refractivity contribution in [3.63, 3.8) is 0 Å². The molecule has 13 heavy (non-hydrogen) atoms. The highest BCUT2D eigenvalue weighted by Crippen LogP contribution is 2.10. The molecule has 0 radical (unpaired) electrons. The first-order chi connectivity index (χ1) is 6.13. The Morgan fingerprint density at radius 1 is 1.46 bits per heavy atom. The van der Waals surface area contributed by atoms with E-state index >= 15 is 0 Å². The van der Waals surface area contributed by atoms with E-state index in [2.05, 4.69) is 5.32 Å². The number of hydrogen-bond donors (Lipinski definition) is 2. The van der Waals surface area contributed by atoms with E-state index in [1.165, 1.54) is 0 Å². The summed E-state index contributed by atoms with van der Waals surface area (Å²) in [4.78, 5) is 11.4. The first-order valence-electron chi connectivity index (χ1n) is 4.29. The van der Waals surface area contributed by atoms with Gasteiger partial charge in [0, 0.05) is 17.8 Å². The van der Waals surface area contributed by atoms with Gasteiger partial charge in [0.15, 0.2) is 0 Å². The van der Waals surface area contributed by atoms with E-state index in [-0.39, 0.29) is 5.91 Å². The molecule has 0 aliphatic carbocycles. The van der Waals surface area contributed by atoms with E-state index in [9.17, 15) is 4.79 Å². The van der Waals surface area contributed by atoms with Crippen LogP contribution in [0.1, 0.15) is 22.8 Å². The van der Waals surface area contributed by atoms with Gasteiger partial charge < -0.3 is 11.1 Å². The number of hydrogen-bond acceptors (Lipinski definition) is 2. The summed E-state index contributed by atoms with van der Waals surface area (Å²) < 4.78 is 0. The molecular weight excluding hydrogens is 164 g/mol. The Morgan fingerprint density at radius 2 is 2.15 bits per heavy atom. The van der Waals surface area contributed by atoms with E-state index < -0.39 is 0 Å². The zero-order valence-electron chi connectivity index (χ0n) is 7.92. The molecule has 0 bridgehead atoms. The predicted molar refractivity (Wildman–Crippen MR) is 53.6 cm³/mol. The number of anilines is 1. The lowest BCUT2D eigenvalue weighted by Gasteiger charge is -2.04. The van der Waals surface area contributed by atoms with Crippen LogP contribution in [0.3, 0.4) is 0 Å². The number of carbonyl (C=O) groups is 1. The SMILES string of the molecule is CCNC(=O)c1cc(C)cc(N)c1. The second kappa shape index (κ2) is 3.94. The number of carbonyl (C=O) groups excluding carboxylic acids is 1. The van der Waals surface area contributed by atoms with Gasteiger partial charge in [0.2, 0.25) is 0 Å². The molecule has 0 aliphatic rings. The average molecular weight is 178 g/mol. The zero-order valence-corrected chi connectivity index (χ0v) is 7.92. The summed E-state index contributed by atoms with van der Waals surface area (Å²) in [6, 6.07) is 5.34. The maximum Gasteiger partial charge on any atom is 0.251 e.